The van der Waals surface area contributed by atoms with Crippen molar-refractivity contribution >= 4 is 0 Å². The molecule has 0 radical (unpaired) electrons. The van der Waals surface area contributed by atoms with Crippen molar-refractivity contribution in [3.8, 4) is 0 Å². The molecule has 16 heavy (non-hydrogen) atoms. The second-order valence-electron chi connectivity index (χ2n) is 5.21. The fourth-order valence-electron chi connectivity index (χ4n) is 2.43. The molecule has 1 unspecified atom stereocenters. The summed E-state index contributed by atoms with van der Waals surface area (Å²) < 4.78 is 5.48. The standard InChI is InChI=1S/C13H27NO2/c1-4-13(15,5-2)11-14(3)9-12-7-6-8-16-10-12/h12,15H,4-11H2,1-3H3. The van der Waals surface area contributed by atoms with Crippen molar-refractivity contribution in [1.29, 1.82) is 0 Å². The summed E-state index contributed by atoms with van der Waals surface area (Å²) in [5.74, 6) is 0.650. The molecule has 0 spiro atoms. The summed E-state index contributed by atoms with van der Waals surface area (Å²) >= 11 is 0. The molecule has 1 atom stereocenters. The van der Waals surface area contributed by atoms with Crippen LogP contribution in [0.15, 0.2) is 0 Å². The molecule has 3 heteroatoms. The van der Waals surface area contributed by atoms with E-state index in [9.17, 15) is 5.11 Å². The van der Waals surface area contributed by atoms with Gasteiger partial charge in [0.25, 0.3) is 0 Å². The van der Waals surface area contributed by atoms with Crippen molar-refractivity contribution < 1.29 is 9.84 Å². The second kappa shape index (κ2) is 6.58. The average Bonchev–Trinajstić information content (AvgIpc) is 2.30. The molecule has 1 heterocycles. The van der Waals surface area contributed by atoms with Crippen molar-refractivity contribution in [1.82, 2.24) is 4.90 Å². The van der Waals surface area contributed by atoms with Gasteiger partial charge in [-0.15, -0.1) is 0 Å². The van der Waals surface area contributed by atoms with Gasteiger partial charge in [-0.3, -0.25) is 0 Å². The molecule has 0 bridgehead atoms. The van der Waals surface area contributed by atoms with E-state index in [0.29, 0.717) is 5.92 Å². The maximum atomic E-state index is 10.3. The summed E-state index contributed by atoms with van der Waals surface area (Å²) in [6.07, 6.45) is 4.11. The van der Waals surface area contributed by atoms with Gasteiger partial charge in [0.2, 0.25) is 0 Å². The largest absolute Gasteiger partial charge is 0.389 e. The van der Waals surface area contributed by atoms with E-state index in [1.165, 1.54) is 12.8 Å². The Labute approximate surface area is 99.8 Å². The first-order valence-electron chi connectivity index (χ1n) is 6.58. The summed E-state index contributed by atoms with van der Waals surface area (Å²) in [6.45, 7) is 7.75. The highest BCUT2D eigenvalue weighted by atomic mass is 16.5. The maximum absolute atomic E-state index is 10.3. The van der Waals surface area contributed by atoms with Crippen LogP contribution in [0, 0.1) is 5.92 Å². The Hall–Kier alpha value is -0.120. The van der Waals surface area contributed by atoms with Crippen molar-refractivity contribution in [2.75, 3.05) is 33.4 Å². The van der Waals surface area contributed by atoms with Crippen LogP contribution >= 0.6 is 0 Å². The number of hydrogen-bond acceptors (Lipinski definition) is 3. The summed E-state index contributed by atoms with van der Waals surface area (Å²) in [6, 6.07) is 0. The monoisotopic (exact) mass is 229 g/mol. The van der Waals surface area contributed by atoms with E-state index in [4.69, 9.17) is 4.74 Å². The minimum Gasteiger partial charge on any atom is -0.389 e. The van der Waals surface area contributed by atoms with Gasteiger partial charge in [0.05, 0.1) is 12.2 Å². The number of nitrogens with zero attached hydrogens (tertiary/aromatic N) is 1. The van der Waals surface area contributed by atoms with Crippen molar-refractivity contribution in [2.45, 2.75) is 45.1 Å². The summed E-state index contributed by atoms with van der Waals surface area (Å²) in [7, 11) is 2.10. The highest BCUT2D eigenvalue weighted by Gasteiger charge is 2.25. The van der Waals surface area contributed by atoms with Gasteiger partial charge in [-0.25, -0.2) is 0 Å². The minimum atomic E-state index is -0.510. The third-order valence-electron chi connectivity index (χ3n) is 3.70. The zero-order chi connectivity index (χ0) is 12.0. The smallest absolute Gasteiger partial charge is 0.0768 e. The molecule has 0 aromatic rings. The van der Waals surface area contributed by atoms with Crippen molar-refractivity contribution in [3.63, 3.8) is 0 Å². The topological polar surface area (TPSA) is 32.7 Å². The van der Waals surface area contributed by atoms with Gasteiger partial charge in [-0.2, -0.15) is 0 Å². The molecule has 0 saturated carbocycles. The molecule has 96 valence electrons. The molecule has 1 aliphatic heterocycles. The number of aliphatic hydroxyl groups is 1. The quantitative estimate of drug-likeness (QED) is 0.755. The summed E-state index contributed by atoms with van der Waals surface area (Å²) in [5.41, 5.74) is -0.510. The van der Waals surface area contributed by atoms with Gasteiger partial charge in [0, 0.05) is 19.7 Å². The normalized spacial score (nSPS) is 22.7. The van der Waals surface area contributed by atoms with Gasteiger partial charge in [0.15, 0.2) is 0 Å². The van der Waals surface area contributed by atoms with Crippen LogP contribution in [0.3, 0.4) is 0 Å². The average molecular weight is 229 g/mol. The SMILES string of the molecule is CCC(O)(CC)CN(C)CC1CCCOC1. The van der Waals surface area contributed by atoms with E-state index in [1.807, 2.05) is 0 Å². The molecule has 1 rings (SSSR count). The molecule has 0 amide bonds. The van der Waals surface area contributed by atoms with Gasteiger partial charge in [-0.1, -0.05) is 13.8 Å². The maximum Gasteiger partial charge on any atom is 0.0768 e. The number of likely N-dealkylation sites (N-methyl/N-ethyl adjacent to an activating group) is 1. The van der Waals surface area contributed by atoms with Gasteiger partial charge >= 0.3 is 0 Å². The lowest BCUT2D eigenvalue weighted by Gasteiger charge is -2.33. The zero-order valence-electron chi connectivity index (χ0n) is 11.0. The Balaban J connectivity index is 2.30. The fourth-order valence-corrected chi connectivity index (χ4v) is 2.43. The third kappa shape index (κ3) is 4.40. The molecule has 1 saturated heterocycles. The van der Waals surface area contributed by atoms with Crippen LogP contribution in [0.1, 0.15) is 39.5 Å². The van der Waals surface area contributed by atoms with Crippen LogP contribution < -0.4 is 0 Å². The highest BCUT2D eigenvalue weighted by Crippen LogP contribution is 2.19. The third-order valence-corrected chi connectivity index (χ3v) is 3.70. The van der Waals surface area contributed by atoms with Crippen molar-refractivity contribution in [3.05, 3.63) is 0 Å². The number of rotatable bonds is 6. The van der Waals surface area contributed by atoms with Crippen LogP contribution in [0.4, 0.5) is 0 Å². The lowest BCUT2D eigenvalue weighted by atomic mass is 9.95. The van der Waals surface area contributed by atoms with E-state index >= 15 is 0 Å². The van der Waals surface area contributed by atoms with Crippen LogP contribution in [0.5, 0.6) is 0 Å². The fraction of sp³-hybridized carbons (Fsp3) is 1.00. The molecule has 3 nitrogen and oxygen atoms in total. The predicted molar refractivity (Wildman–Crippen MR) is 66.6 cm³/mol. The first-order valence-corrected chi connectivity index (χ1v) is 6.58. The molecule has 0 aromatic heterocycles. The first-order chi connectivity index (χ1) is 7.59. The van der Waals surface area contributed by atoms with Crippen LogP contribution in [-0.2, 0) is 4.74 Å². The molecule has 1 fully saturated rings. The van der Waals surface area contributed by atoms with E-state index < -0.39 is 5.60 Å². The van der Waals surface area contributed by atoms with Gasteiger partial charge in [-0.05, 0) is 38.6 Å². The Kier molecular flexibility index (Phi) is 5.73. The number of ether oxygens (including phenoxy) is 1. The van der Waals surface area contributed by atoms with Gasteiger partial charge < -0.3 is 14.7 Å². The molecule has 1 aliphatic rings. The summed E-state index contributed by atoms with van der Waals surface area (Å²) in [4.78, 5) is 2.26. The Morgan fingerprint density at radius 2 is 2.06 bits per heavy atom. The Morgan fingerprint density at radius 3 is 2.56 bits per heavy atom. The first kappa shape index (κ1) is 13.9. The predicted octanol–water partition coefficient (Wildman–Crippen LogP) is 1.90. The van der Waals surface area contributed by atoms with E-state index in [-0.39, 0.29) is 0 Å². The van der Waals surface area contributed by atoms with Crippen LogP contribution in [-0.4, -0.2) is 49.0 Å². The lowest BCUT2D eigenvalue weighted by Crippen LogP contribution is -2.43. The molecule has 1 N–H and O–H groups in total. The molecular formula is C13H27NO2. The van der Waals surface area contributed by atoms with Crippen LogP contribution in [0.25, 0.3) is 0 Å². The molecule has 0 aromatic carbocycles. The molecule has 0 aliphatic carbocycles. The molecular weight excluding hydrogens is 202 g/mol. The van der Waals surface area contributed by atoms with E-state index in [0.717, 1.165) is 39.1 Å². The second-order valence-corrected chi connectivity index (χ2v) is 5.21. The van der Waals surface area contributed by atoms with E-state index in [2.05, 4.69) is 25.8 Å². The van der Waals surface area contributed by atoms with Gasteiger partial charge in [0.1, 0.15) is 0 Å². The van der Waals surface area contributed by atoms with Crippen LogP contribution in [0.2, 0.25) is 0 Å². The number of hydrogen-bond donors (Lipinski definition) is 1. The Morgan fingerprint density at radius 1 is 1.38 bits per heavy atom. The minimum absolute atomic E-state index is 0.510. The van der Waals surface area contributed by atoms with E-state index in [1.54, 1.807) is 0 Å². The zero-order valence-corrected chi connectivity index (χ0v) is 11.0. The highest BCUT2D eigenvalue weighted by molar-refractivity contribution is 4.79. The van der Waals surface area contributed by atoms with Crippen molar-refractivity contribution in [2.24, 2.45) is 5.92 Å². The lowest BCUT2D eigenvalue weighted by molar-refractivity contribution is -0.0113. The summed E-state index contributed by atoms with van der Waals surface area (Å²) in [5, 5.41) is 10.3. The Bertz CT molecular complexity index is 186.